The Labute approximate surface area is 129 Å². The van der Waals surface area contributed by atoms with Gasteiger partial charge in [0.05, 0.1) is 5.75 Å². The molecule has 0 aliphatic carbocycles. The molecule has 4 nitrogen and oxygen atoms in total. The van der Waals surface area contributed by atoms with Gasteiger partial charge in [0.2, 0.25) is 5.89 Å². The van der Waals surface area contributed by atoms with Crippen molar-refractivity contribution in [3.8, 4) is 0 Å². The topological polar surface area (TPSA) is 51.0 Å². The fourth-order valence-electron chi connectivity index (χ4n) is 2.64. The normalized spacial score (nSPS) is 18.8. The second-order valence-corrected chi connectivity index (χ2v) is 6.59. The van der Waals surface area contributed by atoms with Crippen LogP contribution in [-0.4, -0.2) is 23.2 Å². The number of thioether (sulfide) groups is 1. The average Bonchev–Trinajstić information content (AvgIpc) is 2.95. The molecule has 0 spiro atoms. The molecule has 1 saturated heterocycles. The quantitative estimate of drug-likeness (QED) is 0.860. The predicted molar refractivity (Wildman–Crippen MR) is 84.3 cm³/mol. The summed E-state index contributed by atoms with van der Waals surface area (Å²) in [5.41, 5.74) is 1.29. The molecule has 1 N–H and O–H groups in total. The zero-order chi connectivity index (χ0) is 14.5. The van der Waals surface area contributed by atoms with E-state index >= 15 is 0 Å². The monoisotopic (exact) mass is 303 g/mol. The van der Waals surface area contributed by atoms with Gasteiger partial charge in [-0.2, -0.15) is 4.98 Å². The number of aromatic nitrogens is 2. The van der Waals surface area contributed by atoms with E-state index in [9.17, 15) is 0 Å². The maximum absolute atomic E-state index is 5.38. The number of rotatable bonds is 5. The summed E-state index contributed by atoms with van der Waals surface area (Å²) < 4.78 is 5.38. The lowest BCUT2D eigenvalue weighted by Crippen LogP contribution is -2.30. The maximum Gasteiger partial charge on any atom is 0.226 e. The van der Waals surface area contributed by atoms with Crippen LogP contribution in [0.5, 0.6) is 0 Å². The van der Waals surface area contributed by atoms with Crippen LogP contribution in [-0.2, 0) is 12.2 Å². The molecule has 1 aliphatic rings. The lowest BCUT2D eigenvalue weighted by Gasteiger charge is -2.20. The number of benzene rings is 1. The molecular weight excluding hydrogens is 282 g/mol. The molecule has 1 fully saturated rings. The Kier molecular flexibility index (Phi) is 4.93. The summed E-state index contributed by atoms with van der Waals surface area (Å²) in [5.74, 6) is 2.97. The minimum atomic E-state index is 0.635. The molecule has 0 bridgehead atoms. The largest absolute Gasteiger partial charge is 0.339 e. The molecule has 1 aromatic heterocycles. The molecule has 0 amide bonds. The van der Waals surface area contributed by atoms with Crippen LogP contribution in [0.25, 0.3) is 0 Å². The zero-order valence-electron chi connectivity index (χ0n) is 12.3. The first-order chi connectivity index (χ1) is 10.3. The first kappa shape index (κ1) is 14.6. The van der Waals surface area contributed by atoms with Crippen molar-refractivity contribution in [1.29, 1.82) is 0 Å². The van der Waals surface area contributed by atoms with Crippen molar-refractivity contribution in [2.24, 2.45) is 5.92 Å². The molecule has 1 unspecified atom stereocenters. The summed E-state index contributed by atoms with van der Waals surface area (Å²) in [5, 5.41) is 7.52. The van der Waals surface area contributed by atoms with Crippen LogP contribution in [0.4, 0.5) is 0 Å². The van der Waals surface area contributed by atoms with Crippen molar-refractivity contribution < 1.29 is 4.52 Å². The second kappa shape index (κ2) is 7.09. The van der Waals surface area contributed by atoms with E-state index in [1.165, 1.54) is 23.3 Å². The van der Waals surface area contributed by atoms with Gasteiger partial charge in [-0.05, 0) is 50.4 Å². The van der Waals surface area contributed by atoms with E-state index in [1.54, 1.807) is 11.8 Å². The van der Waals surface area contributed by atoms with Gasteiger partial charge in [0.25, 0.3) is 0 Å². The number of piperidine rings is 1. The number of hydrogen-bond donors (Lipinski definition) is 1. The van der Waals surface area contributed by atoms with Crippen LogP contribution in [0.1, 0.15) is 30.1 Å². The van der Waals surface area contributed by atoms with E-state index in [2.05, 4.69) is 46.6 Å². The van der Waals surface area contributed by atoms with E-state index in [-0.39, 0.29) is 0 Å². The van der Waals surface area contributed by atoms with Crippen LogP contribution in [0.2, 0.25) is 0 Å². The Morgan fingerprint density at radius 1 is 1.38 bits per heavy atom. The molecule has 0 radical (unpaired) electrons. The van der Waals surface area contributed by atoms with E-state index < -0.39 is 0 Å². The third-order valence-electron chi connectivity index (χ3n) is 3.82. The van der Waals surface area contributed by atoms with Gasteiger partial charge < -0.3 is 9.84 Å². The highest BCUT2D eigenvalue weighted by atomic mass is 32.2. The second-order valence-electron chi connectivity index (χ2n) is 5.58. The highest BCUT2D eigenvalue weighted by molar-refractivity contribution is 7.98. The number of aryl methyl sites for hydroxylation is 1. The summed E-state index contributed by atoms with van der Waals surface area (Å²) in [6.07, 6.45) is 3.40. The molecule has 21 heavy (non-hydrogen) atoms. The number of hydrogen-bond acceptors (Lipinski definition) is 5. The first-order valence-electron chi connectivity index (χ1n) is 7.52. The third kappa shape index (κ3) is 4.08. The molecule has 5 heteroatoms. The molecular formula is C16H21N3OS. The van der Waals surface area contributed by atoms with Crippen molar-refractivity contribution >= 4 is 11.8 Å². The third-order valence-corrected chi connectivity index (χ3v) is 4.99. The van der Waals surface area contributed by atoms with Crippen molar-refractivity contribution in [3.05, 3.63) is 41.5 Å². The van der Waals surface area contributed by atoms with Crippen molar-refractivity contribution in [2.75, 3.05) is 13.1 Å². The number of nitrogens with one attached hydrogen (secondary N) is 1. The summed E-state index contributed by atoms with van der Waals surface area (Å²) in [4.78, 5) is 5.80. The van der Waals surface area contributed by atoms with Gasteiger partial charge in [0, 0.05) is 11.3 Å². The standard InChI is InChI=1S/C16H21N3OS/c1-12-5-2-3-7-14(12)21-11-15-18-16(20-19-15)9-13-6-4-8-17-10-13/h2-3,5,7,13,17H,4,6,8-11H2,1H3. The van der Waals surface area contributed by atoms with E-state index in [1.807, 2.05) is 0 Å². The fraction of sp³-hybridized carbons (Fsp3) is 0.500. The lowest BCUT2D eigenvalue weighted by atomic mass is 9.96. The van der Waals surface area contributed by atoms with Gasteiger partial charge in [-0.1, -0.05) is 23.4 Å². The molecule has 0 saturated carbocycles. The minimum Gasteiger partial charge on any atom is -0.339 e. The van der Waals surface area contributed by atoms with E-state index in [0.29, 0.717) is 5.92 Å². The summed E-state index contributed by atoms with van der Waals surface area (Å²) in [6.45, 7) is 4.33. The highest BCUT2D eigenvalue weighted by Crippen LogP contribution is 2.25. The maximum atomic E-state index is 5.38. The summed E-state index contributed by atoms with van der Waals surface area (Å²) in [6, 6.07) is 8.38. The molecule has 112 valence electrons. The van der Waals surface area contributed by atoms with Crippen LogP contribution < -0.4 is 5.32 Å². The van der Waals surface area contributed by atoms with Gasteiger partial charge >= 0.3 is 0 Å². The van der Waals surface area contributed by atoms with Gasteiger partial charge in [0.1, 0.15) is 0 Å². The first-order valence-corrected chi connectivity index (χ1v) is 8.50. The average molecular weight is 303 g/mol. The van der Waals surface area contributed by atoms with Crippen molar-refractivity contribution in [1.82, 2.24) is 15.5 Å². The van der Waals surface area contributed by atoms with Crippen LogP contribution >= 0.6 is 11.8 Å². The SMILES string of the molecule is Cc1ccccc1SCc1noc(CC2CCCNC2)n1. The summed E-state index contributed by atoms with van der Waals surface area (Å²) >= 11 is 1.76. The lowest BCUT2D eigenvalue weighted by molar-refractivity contribution is 0.315. The fourth-order valence-corrected chi connectivity index (χ4v) is 3.51. The number of nitrogens with zero attached hydrogens (tertiary/aromatic N) is 2. The van der Waals surface area contributed by atoms with Crippen LogP contribution in [0.3, 0.4) is 0 Å². The Bertz CT molecular complexity index is 578. The van der Waals surface area contributed by atoms with Crippen LogP contribution in [0, 0.1) is 12.8 Å². The van der Waals surface area contributed by atoms with Gasteiger partial charge in [-0.3, -0.25) is 0 Å². The van der Waals surface area contributed by atoms with Gasteiger partial charge in [-0.25, -0.2) is 0 Å². The summed E-state index contributed by atoms with van der Waals surface area (Å²) in [7, 11) is 0. The van der Waals surface area contributed by atoms with Crippen LogP contribution in [0.15, 0.2) is 33.7 Å². The van der Waals surface area contributed by atoms with Crippen molar-refractivity contribution in [3.63, 3.8) is 0 Å². The molecule has 1 aliphatic heterocycles. The van der Waals surface area contributed by atoms with Crippen molar-refractivity contribution in [2.45, 2.75) is 36.8 Å². The zero-order valence-corrected chi connectivity index (χ0v) is 13.2. The molecule has 3 rings (SSSR count). The van der Waals surface area contributed by atoms with E-state index in [0.717, 1.165) is 37.0 Å². The Hall–Kier alpha value is -1.33. The Morgan fingerprint density at radius 2 is 2.29 bits per heavy atom. The van der Waals surface area contributed by atoms with Gasteiger partial charge in [-0.15, -0.1) is 11.8 Å². The molecule has 2 heterocycles. The van der Waals surface area contributed by atoms with E-state index in [4.69, 9.17) is 4.52 Å². The molecule has 1 atom stereocenters. The Balaban J connectivity index is 1.54. The smallest absolute Gasteiger partial charge is 0.226 e. The Morgan fingerprint density at radius 3 is 3.10 bits per heavy atom. The minimum absolute atomic E-state index is 0.635. The van der Waals surface area contributed by atoms with Gasteiger partial charge in [0.15, 0.2) is 5.82 Å². The molecule has 2 aromatic rings. The predicted octanol–water partition coefficient (Wildman–Crippen LogP) is 3.21. The molecule has 1 aromatic carbocycles. The highest BCUT2D eigenvalue weighted by Gasteiger charge is 2.17.